The number of carbonyl (C=O) groups excluding carboxylic acids is 1. The minimum Gasteiger partial charge on any atom is -0.378 e. The van der Waals surface area contributed by atoms with Gasteiger partial charge in [0.15, 0.2) is 0 Å². The molecular formula is C20H24FN3O2. The van der Waals surface area contributed by atoms with Crippen LogP contribution in [0.25, 0.3) is 0 Å². The highest BCUT2D eigenvalue weighted by molar-refractivity contribution is 5.95. The third-order valence-electron chi connectivity index (χ3n) is 4.34. The van der Waals surface area contributed by atoms with Gasteiger partial charge in [0.1, 0.15) is 5.82 Å². The maximum atomic E-state index is 13.8. The molecule has 138 valence electrons. The second kappa shape index (κ2) is 8.78. The summed E-state index contributed by atoms with van der Waals surface area (Å²) in [6, 6.07) is 14.4. The first kappa shape index (κ1) is 18.4. The molecule has 1 amide bonds. The summed E-state index contributed by atoms with van der Waals surface area (Å²) in [6.45, 7) is 3.55. The number of rotatable bonds is 6. The van der Waals surface area contributed by atoms with Crippen molar-refractivity contribution >= 4 is 17.3 Å². The average Bonchev–Trinajstić information content (AvgIpc) is 2.64. The molecule has 2 aromatic carbocycles. The van der Waals surface area contributed by atoms with Crippen LogP contribution in [0.4, 0.5) is 15.8 Å². The highest BCUT2D eigenvalue weighted by Crippen LogP contribution is 2.26. The van der Waals surface area contributed by atoms with E-state index in [4.69, 9.17) is 4.74 Å². The molecule has 26 heavy (non-hydrogen) atoms. The first-order valence-electron chi connectivity index (χ1n) is 8.77. The molecule has 0 spiro atoms. The van der Waals surface area contributed by atoms with Crippen LogP contribution in [0.3, 0.4) is 0 Å². The fourth-order valence-corrected chi connectivity index (χ4v) is 3.07. The number of nitrogens with one attached hydrogen (secondary N) is 1. The molecule has 0 atom stereocenters. The Hall–Kier alpha value is -2.44. The summed E-state index contributed by atoms with van der Waals surface area (Å²) in [4.78, 5) is 16.5. The van der Waals surface area contributed by atoms with E-state index in [1.807, 2.05) is 24.3 Å². The van der Waals surface area contributed by atoms with E-state index in [2.05, 4.69) is 10.2 Å². The number of para-hydroxylation sites is 2. The third-order valence-corrected chi connectivity index (χ3v) is 4.34. The van der Waals surface area contributed by atoms with Crippen molar-refractivity contribution in [2.45, 2.75) is 6.54 Å². The van der Waals surface area contributed by atoms with Gasteiger partial charge in [-0.2, -0.15) is 0 Å². The molecule has 0 aromatic heterocycles. The highest BCUT2D eigenvalue weighted by Gasteiger charge is 2.16. The Kier molecular flexibility index (Phi) is 6.20. The quantitative estimate of drug-likeness (QED) is 0.863. The van der Waals surface area contributed by atoms with E-state index >= 15 is 0 Å². The largest absolute Gasteiger partial charge is 0.378 e. The predicted octanol–water partition coefficient (Wildman–Crippen LogP) is 2.73. The van der Waals surface area contributed by atoms with Gasteiger partial charge in [-0.15, -0.1) is 0 Å². The molecule has 1 heterocycles. The molecule has 1 N–H and O–H groups in total. The zero-order valence-electron chi connectivity index (χ0n) is 15.0. The van der Waals surface area contributed by atoms with Gasteiger partial charge in [-0.05, 0) is 25.2 Å². The molecule has 1 fully saturated rings. The molecule has 0 radical (unpaired) electrons. The van der Waals surface area contributed by atoms with Crippen molar-refractivity contribution in [1.29, 1.82) is 0 Å². The predicted molar refractivity (Wildman–Crippen MR) is 101 cm³/mol. The number of likely N-dealkylation sites (N-methyl/N-ethyl adjacent to an activating group) is 1. The van der Waals surface area contributed by atoms with Crippen molar-refractivity contribution in [3.05, 3.63) is 59.9 Å². The minimum atomic E-state index is -0.252. The van der Waals surface area contributed by atoms with Gasteiger partial charge in [0.25, 0.3) is 0 Å². The Morgan fingerprint density at radius 1 is 1.15 bits per heavy atom. The van der Waals surface area contributed by atoms with Gasteiger partial charge >= 0.3 is 0 Å². The molecule has 5 nitrogen and oxygen atoms in total. The van der Waals surface area contributed by atoms with Crippen LogP contribution in [0.5, 0.6) is 0 Å². The number of ether oxygens (including phenoxy) is 1. The summed E-state index contributed by atoms with van der Waals surface area (Å²) in [7, 11) is 1.81. The van der Waals surface area contributed by atoms with E-state index in [0.717, 1.165) is 24.5 Å². The summed E-state index contributed by atoms with van der Waals surface area (Å²) in [5.74, 6) is -0.373. The lowest BCUT2D eigenvalue weighted by molar-refractivity contribution is -0.117. The van der Waals surface area contributed by atoms with Gasteiger partial charge in [-0.1, -0.05) is 30.3 Å². The van der Waals surface area contributed by atoms with Crippen LogP contribution in [0, 0.1) is 5.82 Å². The van der Waals surface area contributed by atoms with Crippen LogP contribution in [-0.2, 0) is 16.1 Å². The Morgan fingerprint density at radius 2 is 1.85 bits per heavy atom. The normalized spacial score (nSPS) is 14.5. The Balaban J connectivity index is 1.60. The third kappa shape index (κ3) is 4.80. The molecule has 1 aliphatic rings. The number of anilines is 2. The lowest BCUT2D eigenvalue weighted by Crippen LogP contribution is -2.37. The van der Waals surface area contributed by atoms with Crippen molar-refractivity contribution in [2.75, 3.05) is 50.1 Å². The first-order chi connectivity index (χ1) is 12.6. The zero-order chi connectivity index (χ0) is 18.4. The van der Waals surface area contributed by atoms with Crippen LogP contribution in [0.15, 0.2) is 48.5 Å². The molecule has 1 aliphatic heterocycles. The standard InChI is InChI=1S/C20H24FN3O2/c1-23(14-16-6-2-3-7-17(16)21)15-20(25)22-18-8-4-5-9-19(18)24-10-12-26-13-11-24/h2-9H,10-15H2,1H3,(H,22,25). The van der Waals surface area contributed by atoms with E-state index in [-0.39, 0.29) is 18.3 Å². The fraction of sp³-hybridized carbons (Fsp3) is 0.350. The van der Waals surface area contributed by atoms with Crippen molar-refractivity contribution in [2.24, 2.45) is 0 Å². The van der Waals surface area contributed by atoms with Crippen LogP contribution >= 0.6 is 0 Å². The number of hydrogen-bond acceptors (Lipinski definition) is 4. The molecule has 1 saturated heterocycles. The summed E-state index contributed by atoms with van der Waals surface area (Å²) in [5, 5.41) is 2.98. The smallest absolute Gasteiger partial charge is 0.238 e. The Labute approximate surface area is 153 Å². The molecule has 2 aromatic rings. The van der Waals surface area contributed by atoms with Crippen LogP contribution in [0.1, 0.15) is 5.56 Å². The topological polar surface area (TPSA) is 44.8 Å². The van der Waals surface area contributed by atoms with Gasteiger partial charge in [0, 0.05) is 25.2 Å². The molecule has 0 unspecified atom stereocenters. The zero-order valence-corrected chi connectivity index (χ0v) is 15.0. The van der Waals surface area contributed by atoms with E-state index in [1.54, 1.807) is 30.1 Å². The monoisotopic (exact) mass is 357 g/mol. The van der Waals surface area contributed by atoms with Crippen molar-refractivity contribution in [1.82, 2.24) is 4.90 Å². The van der Waals surface area contributed by atoms with Crippen LogP contribution in [0.2, 0.25) is 0 Å². The van der Waals surface area contributed by atoms with Gasteiger partial charge in [-0.3, -0.25) is 9.69 Å². The summed E-state index contributed by atoms with van der Waals surface area (Å²) in [5.41, 5.74) is 2.37. The molecule has 6 heteroatoms. The number of benzene rings is 2. The van der Waals surface area contributed by atoms with Gasteiger partial charge < -0.3 is 15.0 Å². The van der Waals surface area contributed by atoms with E-state index < -0.39 is 0 Å². The Morgan fingerprint density at radius 3 is 2.62 bits per heavy atom. The van der Waals surface area contributed by atoms with Gasteiger partial charge in [0.05, 0.1) is 31.1 Å². The molecule has 0 aliphatic carbocycles. The molecule has 0 bridgehead atoms. The van der Waals surface area contributed by atoms with E-state index in [9.17, 15) is 9.18 Å². The van der Waals surface area contributed by atoms with Crippen LogP contribution in [-0.4, -0.2) is 50.7 Å². The maximum Gasteiger partial charge on any atom is 0.238 e. The van der Waals surface area contributed by atoms with Crippen molar-refractivity contribution in [3.63, 3.8) is 0 Å². The summed E-state index contributed by atoms with van der Waals surface area (Å²) in [6.07, 6.45) is 0. The van der Waals surface area contributed by atoms with Crippen molar-refractivity contribution in [3.8, 4) is 0 Å². The molecule has 3 rings (SSSR count). The summed E-state index contributed by atoms with van der Waals surface area (Å²) >= 11 is 0. The number of morpholine rings is 1. The molecule has 0 saturated carbocycles. The first-order valence-corrected chi connectivity index (χ1v) is 8.77. The number of halogens is 1. The number of amides is 1. The highest BCUT2D eigenvalue weighted by atomic mass is 19.1. The number of nitrogens with zero attached hydrogens (tertiary/aromatic N) is 2. The van der Waals surface area contributed by atoms with E-state index in [1.165, 1.54) is 6.07 Å². The van der Waals surface area contributed by atoms with Gasteiger partial charge in [0.2, 0.25) is 5.91 Å². The second-order valence-corrected chi connectivity index (χ2v) is 6.43. The Bertz CT molecular complexity index is 747. The minimum absolute atomic E-state index is 0.121. The summed E-state index contributed by atoms with van der Waals surface area (Å²) < 4.78 is 19.1. The number of hydrogen-bond donors (Lipinski definition) is 1. The lowest BCUT2D eigenvalue weighted by Gasteiger charge is -2.30. The lowest BCUT2D eigenvalue weighted by atomic mass is 10.2. The molecular weight excluding hydrogens is 333 g/mol. The number of carbonyl (C=O) groups is 1. The maximum absolute atomic E-state index is 13.8. The van der Waals surface area contributed by atoms with Gasteiger partial charge in [-0.25, -0.2) is 4.39 Å². The SMILES string of the molecule is CN(CC(=O)Nc1ccccc1N1CCOCC1)Cc1ccccc1F. The average molecular weight is 357 g/mol. The van der Waals surface area contributed by atoms with E-state index in [0.29, 0.717) is 25.3 Å². The van der Waals surface area contributed by atoms with Crippen LogP contribution < -0.4 is 10.2 Å². The fourth-order valence-electron chi connectivity index (χ4n) is 3.07. The van der Waals surface area contributed by atoms with Crippen molar-refractivity contribution < 1.29 is 13.9 Å². The second-order valence-electron chi connectivity index (χ2n) is 6.43.